The van der Waals surface area contributed by atoms with Crippen LogP contribution in [0, 0.1) is 17.3 Å². The average molecular weight is 1280 g/mol. The van der Waals surface area contributed by atoms with Crippen LogP contribution in [0.4, 0.5) is 0 Å². The second kappa shape index (κ2) is 23.9. The smallest absolute Gasteiger partial charge is 0.101 e. The van der Waals surface area contributed by atoms with E-state index < -0.39 is 0 Å². The first-order valence-corrected chi connectivity index (χ1v) is 35.0. The number of allylic oxidation sites excluding steroid dienone is 9. The van der Waals surface area contributed by atoms with E-state index in [1.165, 1.54) is 77.4 Å². The third kappa shape index (κ3) is 9.81. The van der Waals surface area contributed by atoms with Crippen molar-refractivity contribution in [3.63, 3.8) is 0 Å². The summed E-state index contributed by atoms with van der Waals surface area (Å²) < 4.78 is 4.52. The molecule has 0 saturated heterocycles. The van der Waals surface area contributed by atoms with E-state index in [9.17, 15) is 0 Å². The van der Waals surface area contributed by atoms with Crippen LogP contribution in [-0.2, 0) is 6.42 Å². The minimum Gasteiger partial charge on any atom is -0.231 e. The van der Waals surface area contributed by atoms with Gasteiger partial charge < -0.3 is 0 Å². The van der Waals surface area contributed by atoms with Crippen LogP contribution < -0.4 is 0 Å². The normalized spacial score (nSPS) is 16.4. The molecule has 12 aromatic carbocycles. The lowest BCUT2D eigenvalue weighted by atomic mass is 9.62. The summed E-state index contributed by atoms with van der Waals surface area (Å²) in [4.78, 5) is 0. The van der Waals surface area contributed by atoms with Gasteiger partial charge in [-0.15, -0.1) is 0 Å². The predicted molar refractivity (Wildman–Crippen MR) is 419 cm³/mol. The first kappa shape index (κ1) is 58.8. The molecular weight excluding hydrogens is 1210 g/mol. The highest BCUT2D eigenvalue weighted by molar-refractivity contribution is 6.14. The molecule has 0 bridgehead atoms. The first-order valence-electron chi connectivity index (χ1n) is 35.0. The lowest BCUT2D eigenvalue weighted by molar-refractivity contribution is 0.295. The number of fused-ring (bicyclic) bond motifs is 8. The van der Waals surface area contributed by atoms with Crippen molar-refractivity contribution in [2.45, 2.75) is 20.3 Å². The summed E-state index contributed by atoms with van der Waals surface area (Å²) in [5, 5.41) is 18.7. The number of pyridine rings is 2. The maximum atomic E-state index is 5.85. The van der Waals surface area contributed by atoms with Crippen molar-refractivity contribution >= 4 is 66.1 Å². The minimum absolute atomic E-state index is 0.116. The number of hydrogen-bond acceptors (Lipinski definition) is 2. The molecular formula is C96H68N4. The number of rotatable bonds is 11. The third-order valence-corrected chi connectivity index (χ3v) is 21.6. The number of hydrogen-bond donors (Lipinski definition) is 0. The van der Waals surface area contributed by atoms with E-state index in [1.54, 1.807) is 0 Å². The monoisotopic (exact) mass is 1280 g/mol. The zero-order valence-electron chi connectivity index (χ0n) is 55.6. The van der Waals surface area contributed by atoms with Crippen LogP contribution in [0.15, 0.2) is 346 Å². The fourth-order valence-electron chi connectivity index (χ4n) is 16.6. The van der Waals surface area contributed by atoms with Crippen molar-refractivity contribution < 1.29 is 0 Å². The highest BCUT2D eigenvalue weighted by Crippen LogP contribution is 2.53. The molecule has 4 heteroatoms. The Kier molecular flexibility index (Phi) is 14.1. The van der Waals surface area contributed by atoms with Gasteiger partial charge in [0.25, 0.3) is 0 Å². The fourth-order valence-corrected chi connectivity index (χ4v) is 16.6. The molecule has 100 heavy (non-hydrogen) atoms. The van der Waals surface area contributed by atoms with Crippen LogP contribution in [0.5, 0.6) is 0 Å². The van der Waals surface area contributed by atoms with E-state index in [0.29, 0.717) is 0 Å². The van der Waals surface area contributed by atoms with Gasteiger partial charge in [0, 0.05) is 44.9 Å². The molecule has 0 N–H and O–H groups in total. The van der Waals surface area contributed by atoms with Gasteiger partial charge >= 0.3 is 0 Å². The van der Waals surface area contributed by atoms with E-state index >= 15 is 0 Å². The molecule has 4 nitrogen and oxygen atoms in total. The number of aromatic nitrogens is 4. The molecule has 3 aliphatic rings. The second-order valence-electron chi connectivity index (χ2n) is 27.3. The Balaban J connectivity index is 0.765. The van der Waals surface area contributed by atoms with Gasteiger partial charge in [-0.3, -0.25) is 0 Å². The van der Waals surface area contributed by atoms with Crippen LogP contribution in [0.3, 0.4) is 0 Å². The molecule has 3 aliphatic carbocycles. The molecule has 0 radical (unpaired) electrons. The summed E-state index contributed by atoms with van der Waals surface area (Å²) in [7, 11) is 0. The highest BCUT2D eigenvalue weighted by atomic mass is 15.2. The maximum absolute atomic E-state index is 5.85. The summed E-state index contributed by atoms with van der Waals surface area (Å²) in [5.74, 6) is 0.244. The molecule has 0 aliphatic heterocycles. The molecule has 0 amide bonds. The average Bonchev–Trinajstić information content (AvgIpc) is 1.49. The molecule has 0 fully saturated rings. The lowest BCUT2D eigenvalue weighted by Crippen LogP contribution is -2.33. The summed E-state index contributed by atoms with van der Waals surface area (Å²) in [6.07, 6.45) is 18.1. The van der Waals surface area contributed by atoms with Crippen LogP contribution >= 0.6 is 0 Å². The molecule has 19 rings (SSSR count). The summed E-state index contributed by atoms with van der Waals surface area (Å²) in [6.45, 7) is 4.83. The summed E-state index contributed by atoms with van der Waals surface area (Å²) >= 11 is 0. The molecule has 472 valence electrons. The standard InChI is InChI=1S/C96H68N4/c1-62-51-74(83-57-78-58-88(68-34-15-6-16-35-68)99-94(87(78)61-85(83)67-31-13-5-14-32-67)90(69-36-17-7-18-37-69)92(97-99)76-44-25-43-73(55-76)81-46-26-42-64-33-23-24-45-80(64)81)47-49-96(62)50-48-75(52-63(96)2)89-59-77-56-82(65-27-9-3-10-28-65)84(66-29-11-4-12-30-66)60-86(77)95-91(70-38-19-8-20-39-70)93(98-100(89)95)79-53-71-40-21-22-41-72(71)54-79/h3-53,55-63H,54H2,1-2H3. The van der Waals surface area contributed by atoms with Crippen LogP contribution in [-0.4, -0.2) is 19.2 Å². The zero-order chi connectivity index (χ0) is 66.4. The SMILES string of the molecule is CC1C=C(c2cc3cc(-c4ccccc4)n4nc(-c5cccc(-c6cccc7ccccc67)c5)c(-c5ccccc5)c4c3cc2-c2ccccc2)C=CC12C=CC(c1cc3cc(-c4ccccc4)c(-c4ccccc4)cc3c3c(-c4ccccc4)c(C4=Cc5ccccc5C4)nn13)=CC2C. The predicted octanol–water partition coefficient (Wildman–Crippen LogP) is 24.7. The lowest BCUT2D eigenvalue weighted by Gasteiger charge is -2.42. The van der Waals surface area contributed by atoms with E-state index in [-0.39, 0.29) is 17.3 Å². The van der Waals surface area contributed by atoms with Gasteiger partial charge in [-0.2, -0.15) is 10.2 Å². The molecule has 3 unspecified atom stereocenters. The molecule has 4 heterocycles. The molecule has 1 spiro atoms. The van der Waals surface area contributed by atoms with Gasteiger partial charge in [0.15, 0.2) is 0 Å². The largest absolute Gasteiger partial charge is 0.231 e. The Bertz CT molecular complexity index is 6100. The Hall–Kier alpha value is -12.5. The van der Waals surface area contributed by atoms with Crippen LogP contribution in [0.25, 0.3) is 155 Å². The van der Waals surface area contributed by atoms with E-state index in [2.05, 4.69) is 375 Å². The molecule has 4 aromatic heterocycles. The van der Waals surface area contributed by atoms with Crippen molar-refractivity contribution in [3.8, 4) is 89.3 Å². The van der Waals surface area contributed by atoms with Gasteiger partial charge in [-0.05, 0) is 171 Å². The number of nitrogens with zero attached hydrogens (tertiary/aromatic N) is 4. The van der Waals surface area contributed by atoms with E-state index in [0.717, 1.165) is 106 Å². The summed E-state index contributed by atoms with van der Waals surface area (Å²) in [5.41, 5.74) is 29.4. The van der Waals surface area contributed by atoms with Crippen LogP contribution in [0.1, 0.15) is 41.9 Å². The second-order valence-corrected chi connectivity index (χ2v) is 27.3. The quantitative estimate of drug-likeness (QED) is 0.129. The Morgan fingerprint density at radius 2 is 0.780 bits per heavy atom. The van der Waals surface area contributed by atoms with E-state index in [1.807, 2.05) is 0 Å². The maximum Gasteiger partial charge on any atom is 0.101 e. The van der Waals surface area contributed by atoms with Gasteiger partial charge in [0.2, 0.25) is 0 Å². The van der Waals surface area contributed by atoms with Crippen molar-refractivity contribution in [1.82, 2.24) is 19.2 Å². The fraction of sp³-hybridized carbons (Fsp3) is 0.0625. The van der Waals surface area contributed by atoms with E-state index in [4.69, 9.17) is 10.2 Å². The topological polar surface area (TPSA) is 34.6 Å². The van der Waals surface area contributed by atoms with Gasteiger partial charge in [-0.1, -0.05) is 317 Å². The Labute approximate surface area is 582 Å². The molecule has 3 atom stereocenters. The van der Waals surface area contributed by atoms with Crippen molar-refractivity contribution in [3.05, 3.63) is 374 Å². The Morgan fingerprint density at radius 1 is 0.330 bits per heavy atom. The van der Waals surface area contributed by atoms with Gasteiger partial charge in [-0.25, -0.2) is 9.03 Å². The van der Waals surface area contributed by atoms with Gasteiger partial charge in [0.05, 0.1) is 28.1 Å². The van der Waals surface area contributed by atoms with Gasteiger partial charge in [0.1, 0.15) is 5.69 Å². The molecule has 16 aromatic rings. The summed E-state index contributed by atoms with van der Waals surface area (Å²) in [6, 6.07) is 113. The third-order valence-electron chi connectivity index (χ3n) is 21.6. The van der Waals surface area contributed by atoms with Crippen molar-refractivity contribution in [2.24, 2.45) is 17.3 Å². The Morgan fingerprint density at radius 3 is 1.40 bits per heavy atom. The highest BCUT2D eigenvalue weighted by Gasteiger charge is 2.40. The first-order chi connectivity index (χ1) is 49.4. The van der Waals surface area contributed by atoms with Crippen molar-refractivity contribution in [1.29, 1.82) is 0 Å². The van der Waals surface area contributed by atoms with Crippen molar-refractivity contribution in [2.75, 3.05) is 0 Å². The zero-order valence-corrected chi connectivity index (χ0v) is 55.6. The van der Waals surface area contributed by atoms with Crippen LogP contribution in [0.2, 0.25) is 0 Å². The minimum atomic E-state index is -0.307. The number of benzene rings is 12. The molecule has 0 saturated carbocycles.